The monoisotopic (exact) mass is 327 g/mol. The molecule has 0 atom stereocenters. The van der Waals surface area contributed by atoms with E-state index in [2.05, 4.69) is 29.6 Å². The summed E-state index contributed by atoms with van der Waals surface area (Å²) in [6.45, 7) is 1.83. The highest BCUT2D eigenvalue weighted by atomic mass is 16.5. The third-order valence-electron chi connectivity index (χ3n) is 3.62. The molecule has 0 saturated carbocycles. The molecule has 0 radical (unpaired) electrons. The molecule has 2 N–H and O–H groups in total. The van der Waals surface area contributed by atoms with Crippen molar-refractivity contribution in [3.63, 3.8) is 0 Å². The number of anilines is 2. The molecule has 0 unspecified atom stereocenters. The number of hydrogen-bond donors (Lipinski definition) is 2. The Kier molecular flexibility index (Phi) is 6.63. The lowest BCUT2D eigenvalue weighted by Crippen LogP contribution is -2.18. The van der Waals surface area contributed by atoms with Crippen LogP contribution >= 0.6 is 0 Å². The summed E-state index contributed by atoms with van der Waals surface area (Å²) in [7, 11) is 5.72. The Bertz CT molecular complexity index is 654. The van der Waals surface area contributed by atoms with E-state index in [0.717, 1.165) is 36.6 Å². The van der Waals surface area contributed by atoms with E-state index < -0.39 is 0 Å². The minimum absolute atomic E-state index is 0.129. The Morgan fingerprint density at radius 3 is 2.46 bits per heavy atom. The van der Waals surface area contributed by atoms with E-state index in [1.165, 1.54) is 0 Å². The number of benzene rings is 2. The number of methoxy groups -OCH3 is 1. The molecule has 0 aliphatic heterocycles. The van der Waals surface area contributed by atoms with Crippen molar-refractivity contribution >= 4 is 17.3 Å². The largest absolute Gasteiger partial charge is 0.497 e. The average Bonchev–Trinajstić information content (AvgIpc) is 2.59. The molecule has 128 valence electrons. The van der Waals surface area contributed by atoms with Gasteiger partial charge in [0.2, 0.25) is 0 Å². The van der Waals surface area contributed by atoms with E-state index in [4.69, 9.17) is 4.74 Å². The van der Waals surface area contributed by atoms with Gasteiger partial charge in [-0.15, -0.1) is 0 Å². The quantitative estimate of drug-likeness (QED) is 0.731. The molecule has 2 rings (SSSR count). The van der Waals surface area contributed by atoms with Gasteiger partial charge in [-0.2, -0.15) is 0 Å². The maximum absolute atomic E-state index is 12.5. The SMILES string of the molecule is COc1ccc(NC(=O)c2ccccc2NCCCN(C)C)cc1. The van der Waals surface area contributed by atoms with Gasteiger partial charge in [0.1, 0.15) is 5.75 Å². The summed E-state index contributed by atoms with van der Waals surface area (Å²) >= 11 is 0. The molecule has 0 heterocycles. The lowest BCUT2D eigenvalue weighted by molar-refractivity contribution is 0.102. The van der Waals surface area contributed by atoms with Gasteiger partial charge in [-0.1, -0.05) is 12.1 Å². The molecular formula is C19H25N3O2. The van der Waals surface area contributed by atoms with Crippen molar-refractivity contribution in [3.05, 3.63) is 54.1 Å². The molecule has 0 aliphatic rings. The number of nitrogens with zero attached hydrogens (tertiary/aromatic N) is 1. The molecule has 0 fully saturated rings. The maximum atomic E-state index is 12.5. The van der Waals surface area contributed by atoms with Crippen LogP contribution in [0.15, 0.2) is 48.5 Å². The Morgan fingerprint density at radius 1 is 1.08 bits per heavy atom. The topological polar surface area (TPSA) is 53.6 Å². The first-order chi connectivity index (χ1) is 11.6. The summed E-state index contributed by atoms with van der Waals surface area (Å²) in [5.74, 6) is 0.631. The first-order valence-corrected chi connectivity index (χ1v) is 8.03. The van der Waals surface area contributed by atoms with Gasteiger partial charge >= 0.3 is 0 Å². The van der Waals surface area contributed by atoms with Crippen LogP contribution in [0.3, 0.4) is 0 Å². The zero-order valence-electron chi connectivity index (χ0n) is 14.5. The third-order valence-corrected chi connectivity index (χ3v) is 3.62. The minimum atomic E-state index is -0.129. The molecule has 24 heavy (non-hydrogen) atoms. The van der Waals surface area contributed by atoms with Crippen molar-refractivity contribution in [1.82, 2.24) is 4.90 Å². The second-order valence-electron chi connectivity index (χ2n) is 5.81. The highest BCUT2D eigenvalue weighted by molar-refractivity contribution is 6.08. The molecule has 0 aliphatic carbocycles. The Labute approximate surface area is 143 Å². The average molecular weight is 327 g/mol. The van der Waals surface area contributed by atoms with Crippen molar-refractivity contribution in [2.24, 2.45) is 0 Å². The zero-order chi connectivity index (χ0) is 17.4. The number of rotatable bonds is 8. The van der Waals surface area contributed by atoms with Crippen molar-refractivity contribution < 1.29 is 9.53 Å². The highest BCUT2D eigenvalue weighted by Gasteiger charge is 2.11. The number of hydrogen-bond acceptors (Lipinski definition) is 4. The van der Waals surface area contributed by atoms with Gasteiger partial charge in [0.25, 0.3) is 5.91 Å². The van der Waals surface area contributed by atoms with Crippen molar-refractivity contribution in [2.75, 3.05) is 44.9 Å². The number of carbonyl (C=O) groups excluding carboxylic acids is 1. The van der Waals surface area contributed by atoms with Gasteiger partial charge in [-0.25, -0.2) is 0 Å². The van der Waals surface area contributed by atoms with Gasteiger partial charge in [-0.3, -0.25) is 4.79 Å². The molecule has 0 saturated heterocycles. The van der Waals surface area contributed by atoms with E-state index in [1.54, 1.807) is 7.11 Å². The second-order valence-corrected chi connectivity index (χ2v) is 5.81. The zero-order valence-corrected chi connectivity index (χ0v) is 14.5. The fourth-order valence-corrected chi connectivity index (χ4v) is 2.33. The van der Waals surface area contributed by atoms with Gasteiger partial charge < -0.3 is 20.3 Å². The van der Waals surface area contributed by atoms with E-state index in [0.29, 0.717) is 5.56 Å². The van der Waals surface area contributed by atoms with Crippen LogP contribution in [0.5, 0.6) is 5.75 Å². The molecule has 2 aromatic rings. The van der Waals surface area contributed by atoms with Crippen LogP contribution in [-0.2, 0) is 0 Å². The van der Waals surface area contributed by atoms with Crippen LogP contribution in [-0.4, -0.2) is 45.1 Å². The van der Waals surface area contributed by atoms with Gasteiger partial charge in [0.05, 0.1) is 12.7 Å². The van der Waals surface area contributed by atoms with Crippen LogP contribution in [0.25, 0.3) is 0 Å². The summed E-state index contributed by atoms with van der Waals surface area (Å²) in [5.41, 5.74) is 2.23. The maximum Gasteiger partial charge on any atom is 0.257 e. The third kappa shape index (κ3) is 5.28. The summed E-state index contributed by atoms with van der Waals surface area (Å²) in [6.07, 6.45) is 1.02. The first kappa shape index (κ1) is 17.8. The highest BCUT2D eigenvalue weighted by Crippen LogP contribution is 2.19. The number of amides is 1. The van der Waals surface area contributed by atoms with Crippen LogP contribution in [0.2, 0.25) is 0 Å². The van der Waals surface area contributed by atoms with Crippen molar-refractivity contribution in [3.8, 4) is 5.75 Å². The molecule has 2 aromatic carbocycles. The van der Waals surface area contributed by atoms with Crippen molar-refractivity contribution in [1.29, 1.82) is 0 Å². The summed E-state index contributed by atoms with van der Waals surface area (Å²) in [5, 5.41) is 6.26. The number of para-hydroxylation sites is 1. The fourth-order valence-electron chi connectivity index (χ4n) is 2.33. The lowest BCUT2D eigenvalue weighted by atomic mass is 10.1. The molecule has 5 heteroatoms. The summed E-state index contributed by atoms with van der Waals surface area (Å²) in [6, 6.07) is 14.8. The molecule has 5 nitrogen and oxygen atoms in total. The molecule has 1 amide bonds. The molecule has 0 bridgehead atoms. The minimum Gasteiger partial charge on any atom is -0.497 e. The fraction of sp³-hybridized carbons (Fsp3) is 0.316. The molecular weight excluding hydrogens is 302 g/mol. The summed E-state index contributed by atoms with van der Waals surface area (Å²) in [4.78, 5) is 14.7. The van der Waals surface area contributed by atoms with Crippen LogP contribution in [0, 0.1) is 0 Å². The Hall–Kier alpha value is -2.53. The number of ether oxygens (including phenoxy) is 1. The van der Waals surface area contributed by atoms with Crippen LogP contribution in [0.4, 0.5) is 11.4 Å². The Morgan fingerprint density at radius 2 is 1.79 bits per heavy atom. The van der Waals surface area contributed by atoms with Crippen molar-refractivity contribution in [2.45, 2.75) is 6.42 Å². The predicted octanol–water partition coefficient (Wildman–Crippen LogP) is 3.31. The normalized spacial score (nSPS) is 10.5. The molecule has 0 spiro atoms. The van der Waals surface area contributed by atoms with Gasteiger partial charge in [-0.05, 0) is 63.5 Å². The van der Waals surface area contributed by atoms with E-state index >= 15 is 0 Å². The second kappa shape index (κ2) is 8.93. The lowest BCUT2D eigenvalue weighted by Gasteiger charge is -2.14. The smallest absolute Gasteiger partial charge is 0.257 e. The number of nitrogens with one attached hydrogen (secondary N) is 2. The summed E-state index contributed by atoms with van der Waals surface area (Å²) < 4.78 is 5.12. The van der Waals surface area contributed by atoms with Gasteiger partial charge in [0, 0.05) is 17.9 Å². The van der Waals surface area contributed by atoms with E-state index in [-0.39, 0.29) is 5.91 Å². The van der Waals surface area contributed by atoms with Crippen LogP contribution < -0.4 is 15.4 Å². The van der Waals surface area contributed by atoms with Crippen LogP contribution in [0.1, 0.15) is 16.8 Å². The standard InChI is InChI=1S/C19H25N3O2/c1-22(2)14-6-13-20-18-8-5-4-7-17(18)19(23)21-15-9-11-16(24-3)12-10-15/h4-5,7-12,20H,6,13-14H2,1-3H3,(H,21,23). The Balaban J connectivity index is 2.00. The van der Waals surface area contributed by atoms with Gasteiger partial charge in [0.15, 0.2) is 0 Å². The first-order valence-electron chi connectivity index (χ1n) is 8.03. The van der Waals surface area contributed by atoms with E-state index in [9.17, 15) is 4.79 Å². The van der Waals surface area contributed by atoms with E-state index in [1.807, 2.05) is 48.5 Å². The molecule has 0 aromatic heterocycles. The predicted molar refractivity (Wildman–Crippen MR) is 99.0 cm³/mol. The number of carbonyl (C=O) groups is 1.